The number of hydrogen-bond acceptors (Lipinski definition) is 4. The number of carboxylic acids is 1. The van der Waals surface area contributed by atoms with Gasteiger partial charge in [0.1, 0.15) is 13.2 Å². The molecule has 5 nitrogen and oxygen atoms in total. The van der Waals surface area contributed by atoms with E-state index in [9.17, 15) is 9.90 Å². The summed E-state index contributed by atoms with van der Waals surface area (Å²) in [4.78, 5) is 10.5. The van der Waals surface area contributed by atoms with Gasteiger partial charge in [-0.1, -0.05) is 11.6 Å². The van der Waals surface area contributed by atoms with Crippen LogP contribution in [-0.4, -0.2) is 29.4 Å². The Morgan fingerprint density at radius 1 is 1.33 bits per heavy atom. The molecular formula is C12H13ClO5. The molecule has 1 unspecified atom stereocenters. The summed E-state index contributed by atoms with van der Waals surface area (Å²) in [6.07, 6.45) is -0.940. The Bertz CT molecular complexity index is 460. The van der Waals surface area contributed by atoms with Crippen LogP contribution in [0.2, 0.25) is 5.02 Å². The zero-order valence-electron chi connectivity index (χ0n) is 9.56. The molecule has 0 saturated heterocycles. The van der Waals surface area contributed by atoms with Gasteiger partial charge >= 0.3 is 5.97 Å². The maximum Gasteiger partial charge on any atom is 0.303 e. The Balaban J connectivity index is 2.19. The molecule has 0 bridgehead atoms. The van der Waals surface area contributed by atoms with E-state index < -0.39 is 12.1 Å². The zero-order valence-corrected chi connectivity index (χ0v) is 10.3. The van der Waals surface area contributed by atoms with E-state index in [-0.39, 0.29) is 12.8 Å². The molecule has 6 heteroatoms. The monoisotopic (exact) mass is 272 g/mol. The number of hydrogen-bond donors (Lipinski definition) is 2. The van der Waals surface area contributed by atoms with Crippen LogP contribution in [0.4, 0.5) is 0 Å². The molecule has 0 aliphatic carbocycles. The summed E-state index contributed by atoms with van der Waals surface area (Å²) in [5.74, 6) is 0.109. The maximum atomic E-state index is 10.5. The molecular weight excluding hydrogens is 260 g/mol. The lowest BCUT2D eigenvalue weighted by atomic mass is 10.0. The van der Waals surface area contributed by atoms with Crippen molar-refractivity contribution in [3.63, 3.8) is 0 Å². The quantitative estimate of drug-likeness (QED) is 0.877. The number of benzene rings is 1. The molecule has 0 spiro atoms. The predicted molar refractivity (Wildman–Crippen MR) is 64.3 cm³/mol. The molecule has 1 aromatic carbocycles. The normalized spacial score (nSPS) is 15.2. The van der Waals surface area contributed by atoms with Crippen molar-refractivity contribution in [1.82, 2.24) is 0 Å². The third-order valence-corrected chi connectivity index (χ3v) is 2.98. The second-order valence-electron chi connectivity index (χ2n) is 3.97. The lowest BCUT2D eigenvalue weighted by Crippen LogP contribution is -2.16. The van der Waals surface area contributed by atoms with Crippen molar-refractivity contribution in [1.29, 1.82) is 0 Å². The summed E-state index contributed by atoms with van der Waals surface area (Å²) in [6, 6.07) is 3.18. The third kappa shape index (κ3) is 2.86. The Morgan fingerprint density at radius 3 is 2.56 bits per heavy atom. The Labute approximate surface area is 109 Å². The van der Waals surface area contributed by atoms with Gasteiger partial charge in [-0.05, 0) is 12.5 Å². The molecule has 18 heavy (non-hydrogen) atoms. The Kier molecular flexibility index (Phi) is 3.93. The van der Waals surface area contributed by atoms with Gasteiger partial charge in [0.15, 0.2) is 11.5 Å². The fourth-order valence-corrected chi connectivity index (χ4v) is 2.03. The van der Waals surface area contributed by atoms with Crippen molar-refractivity contribution in [2.75, 3.05) is 13.2 Å². The van der Waals surface area contributed by atoms with Gasteiger partial charge in [-0.3, -0.25) is 4.79 Å². The maximum absolute atomic E-state index is 10.5. The predicted octanol–water partition coefficient (Wildman–Crippen LogP) is 2.01. The second-order valence-corrected chi connectivity index (χ2v) is 4.37. The highest BCUT2D eigenvalue weighted by molar-refractivity contribution is 6.31. The van der Waals surface area contributed by atoms with Crippen LogP contribution in [0.5, 0.6) is 11.5 Å². The number of carboxylic acid groups (broad SMARTS) is 1. The van der Waals surface area contributed by atoms with Gasteiger partial charge in [-0.2, -0.15) is 0 Å². The number of ether oxygens (including phenoxy) is 2. The summed E-state index contributed by atoms with van der Waals surface area (Å²) in [7, 11) is 0. The first kappa shape index (κ1) is 13.0. The molecule has 0 radical (unpaired) electrons. The molecule has 0 saturated carbocycles. The number of aliphatic hydroxyl groups excluding tert-OH is 1. The van der Waals surface area contributed by atoms with Gasteiger partial charge in [-0.15, -0.1) is 0 Å². The van der Waals surface area contributed by atoms with Crippen LogP contribution >= 0.6 is 11.6 Å². The smallest absolute Gasteiger partial charge is 0.303 e. The van der Waals surface area contributed by atoms with Crippen LogP contribution in [0.1, 0.15) is 24.5 Å². The molecule has 1 aromatic rings. The molecule has 1 atom stereocenters. The highest BCUT2D eigenvalue weighted by atomic mass is 35.5. The zero-order chi connectivity index (χ0) is 13.1. The summed E-state index contributed by atoms with van der Waals surface area (Å²) >= 11 is 6.03. The summed E-state index contributed by atoms with van der Waals surface area (Å²) in [5, 5.41) is 18.8. The van der Waals surface area contributed by atoms with Crippen LogP contribution in [0.15, 0.2) is 12.1 Å². The Hall–Kier alpha value is -1.46. The van der Waals surface area contributed by atoms with E-state index in [1.807, 2.05) is 0 Å². The molecule has 1 heterocycles. The number of halogens is 1. The van der Waals surface area contributed by atoms with Gasteiger partial charge in [0, 0.05) is 18.1 Å². The van der Waals surface area contributed by atoms with Gasteiger partial charge in [0.05, 0.1) is 11.1 Å². The minimum absolute atomic E-state index is 0.106. The fourth-order valence-electron chi connectivity index (χ4n) is 1.75. The highest BCUT2D eigenvalue weighted by Crippen LogP contribution is 2.38. The number of aliphatic carboxylic acids is 1. The van der Waals surface area contributed by atoms with E-state index >= 15 is 0 Å². The van der Waals surface area contributed by atoms with E-state index in [0.29, 0.717) is 35.3 Å². The summed E-state index contributed by atoms with van der Waals surface area (Å²) < 4.78 is 10.7. The number of carbonyl (C=O) groups is 1. The average Bonchev–Trinajstić information content (AvgIpc) is 2.35. The van der Waals surface area contributed by atoms with Gasteiger partial charge in [-0.25, -0.2) is 0 Å². The molecule has 1 aliphatic rings. The first-order valence-corrected chi connectivity index (χ1v) is 5.94. The fraction of sp³-hybridized carbons (Fsp3) is 0.417. The van der Waals surface area contributed by atoms with E-state index in [4.69, 9.17) is 26.2 Å². The minimum Gasteiger partial charge on any atom is -0.486 e. The van der Waals surface area contributed by atoms with Crippen LogP contribution in [-0.2, 0) is 4.79 Å². The molecule has 0 fully saturated rings. The van der Waals surface area contributed by atoms with Gasteiger partial charge < -0.3 is 19.7 Å². The van der Waals surface area contributed by atoms with E-state index in [1.165, 1.54) is 0 Å². The van der Waals surface area contributed by atoms with Crippen molar-refractivity contribution in [3.05, 3.63) is 22.7 Å². The van der Waals surface area contributed by atoms with Crippen molar-refractivity contribution in [3.8, 4) is 11.5 Å². The van der Waals surface area contributed by atoms with Crippen LogP contribution in [0, 0.1) is 0 Å². The summed E-state index contributed by atoms with van der Waals surface area (Å²) in [6.45, 7) is 0.906. The van der Waals surface area contributed by atoms with E-state index in [1.54, 1.807) is 12.1 Å². The Morgan fingerprint density at radius 2 is 1.94 bits per heavy atom. The number of aliphatic hydroxyl groups is 1. The molecule has 0 amide bonds. The van der Waals surface area contributed by atoms with Crippen LogP contribution in [0.25, 0.3) is 0 Å². The van der Waals surface area contributed by atoms with Crippen molar-refractivity contribution in [2.24, 2.45) is 0 Å². The molecule has 0 aromatic heterocycles. The SMILES string of the molecule is O=C(O)CCC(O)c1cc2c(cc1Cl)OCCO2. The number of rotatable bonds is 4. The van der Waals surface area contributed by atoms with Crippen molar-refractivity contribution >= 4 is 17.6 Å². The molecule has 1 aliphatic heterocycles. The summed E-state index contributed by atoms with van der Waals surface area (Å²) in [5.41, 5.74) is 0.460. The molecule has 2 rings (SSSR count). The first-order chi connectivity index (χ1) is 8.58. The van der Waals surface area contributed by atoms with Crippen LogP contribution < -0.4 is 9.47 Å². The van der Waals surface area contributed by atoms with Gasteiger partial charge in [0.25, 0.3) is 0 Å². The standard InChI is InChI=1S/C12H13ClO5/c13-8-6-11-10(17-3-4-18-11)5-7(8)9(14)1-2-12(15)16/h5-6,9,14H,1-4H2,(H,15,16). The topological polar surface area (TPSA) is 76.0 Å². The highest BCUT2D eigenvalue weighted by Gasteiger charge is 2.19. The van der Waals surface area contributed by atoms with Crippen molar-refractivity contribution < 1.29 is 24.5 Å². The minimum atomic E-state index is -0.956. The molecule has 2 N–H and O–H groups in total. The molecule has 98 valence electrons. The first-order valence-electron chi connectivity index (χ1n) is 5.57. The van der Waals surface area contributed by atoms with Crippen molar-refractivity contribution in [2.45, 2.75) is 18.9 Å². The lowest BCUT2D eigenvalue weighted by molar-refractivity contribution is -0.137. The lowest BCUT2D eigenvalue weighted by Gasteiger charge is -2.21. The third-order valence-electron chi connectivity index (χ3n) is 2.65. The van der Waals surface area contributed by atoms with E-state index in [2.05, 4.69) is 0 Å². The average molecular weight is 273 g/mol. The second kappa shape index (κ2) is 5.46. The largest absolute Gasteiger partial charge is 0.486 e. The van der Waals surface area contributed by atoms with Gasteiger partial charge in [0.2, 0.25) is 0 Å². The number of fused-ring (bicyclic) bond motifs is 1. The van der Waals surface area contributed by atoms with Crippen LogP contribution in [0.3, 0.4) is 0 Å². The van der Waals surface area contributed by atoms with E-state index in [0.717, 1.165) is 0 Å².